The van der Waals surface area contributed by atoms with E-state index in [0.717, 1.165) is 4.88 Å². The lowest BCUT2D eigenvalue weighted by Crippen LogP contribution is -2.30. The Morgan fingerprint density at radius 1 is 1.22 bits per heavy atom. The van der Waals surface area contributed by atoms with Gasteiger partial charge in [-0.3, -0.25) is 9.59 Å². The fourth-order valence-electron chi connectivity index (χ4n) is 2.50. The van der Waals surface area contributed by atoms with E-state index in [1.165, 1.54) is 16.2 Å². The third-order valence-corrected chi connectivity index (χ3v) is 5.31. The molecule has 27 heavy (non-hydrogen) atoms. The van der Waals surface area contributed by atoms with Crippen molar-refractivity contribution in [2.24, 2.45) is 0 Å². The van der Waals surface area contributed by atoms with Gasteiger partial charge in [0.2, 0.25) is 0 Å². The number of hydrogen-bond acceptors (Lipinski definition) is 6. The van der Waals surface area contributed by atoms with Gasteiger partial charge < -0.3 is 19.1 Å². The molecule has 1 aliphatic heterocycles. The van der Waals surface area contributed by atoms with Gasteiger partial charge in [0.15, 0.2) is 18.1 Å². The highest BCUT2D eigenvalue weighted by Gasteiger charge is 2.19. The average molecular weight is 430 g/mol. The lowest BCUT2D eigenvalue weighted by Gasteiger charge is -2.20. The molecule has 6 nitrogen and oxygen atoms in total. The first-order valence-electron chi connectivity index (χ1n) is 8.14. The van der Waals surface area contributed by atoms with Crippen LogP contribution in [0.25, 0.3) is 0 Å². The van der Waals surface area contributed by atoms with E-state index in [1.54, 1.807) is 25.2 Å². The lowest BCUT2D eigenvalue weighted by atomic mass is 10.1. The third kappa shape index (κ3) is 5.28. The van der Waals surface area contributed by atoms with Crippen LogP contribution in [0.3, 0.4) is 0 Å². The molecule has 1 aliphatic rings. The Labute approximate surface area is 170 Å². The molecule has 0 radical (unpaired) electrons. The summed E-state index contributed by atoms with van der Waals surface area (Å²) in [5.41, 5.74) is 0.628. The molecule has 9 heteroatoms. The number of carbonyl (C=O) groups excluding carboxylic acids is 2. The Hall–Kier alpha value is -1.96. The highest BCUT2D eigenvalue weighted by molar-refractivity contribution is 7.16. The maximum absolute atomic E-state index is 12.1. The van der Waals surface area contributed by atoms with Gasteiger partial charge in [-0.05, 0) is 29.8 Å². The summed E-state index contributed by atoms with van der Waals surface area (Å²) in [5.74, 6) is 0.157. The molecule has 0 unspecified atom stereocenters. The van der Waals surface area contributed by atoms with Crippen molar-refractivity contribution in [1.82, 2.24) is 4.90 Å². The first kappa shape index (κ1) is 19.8. The monoisotopic (exact) mass is 429 g/mol. The van der Waals surface area contributed by atoms with Crippen molar-refractivity contribution in [3.63, 3.8) is 0 Å². The van der Waals surface area contributed by atoms with Gasteiger partial charge in [-0.15, -0.1) is 11.3 Å². The highest BCUT2D eigenvalue weighted by atomic mass is 35.5. The average Bonchev–Trinajstić information content (AvgIpc) is 3.04. The highest BCUT2D eigenvalue weighted by Crippen LogP contribution is 2.38. The number of benzene rings is 1. The molecular formula is C18H17Cl2NO5S. The van der Waals surface area contributed by atoms with E-state index in [4.69, 9.17) is 37.4 Å². The SMILES string of the molecule is CN(Cc1ccc(Cl)s1)C(=O)COC(=O)Cc1cc(Cl)c2c(c1)OCCO2. The summed E-state index contributed by atoms with van der Waals surface area (Å²) in [5, 5.41) is 0.375. The Morgan fingerprint density at radius 2 is 2.00 bits per heavy atom. The molecule has 3 rings (SSSR count). The molecular weight excluding hydrogens is 413 g/mol. The van der Waals surface area contributed by atoms with Crippen LogP contribution in [-0.4, -0.2) is 43.6 Å². The molecule has 0 aliphatic carbocycles. The van der Waals surface area contributed by atoms with Crippen molar-refractivity contribution >= 4 is 46.4 Å². The number of amides is 1. The van der Waals surface area contributed by atoms with Crippen LogP contribution in [-0.2, 0) is 27.3 Å². The standard InChI is InChI=1S/C18H17Cl2NO5S/c1-21(9-12-2-3-15(20)27-12)16(22)10-26-17(23)8-11-6-13(19)18-14(7-11)24-4-5-25-18/h2-3,6-7H,4-5,8-10H2,1H3. The summed E-state index contributed by atoms with van der Waals surface area (Å²) < 4.78 is 16.7. The Balaban J connectivity index is 1.50. The van der Waals surface area contributed by atoms with Crippen molar-refractivity contribution in [3.8, 4) is 11.5 Å². The molecule has 144 valence electrons. The van der Waals surface area contributed by atoms with Gasteiger partial charge in [-0.2, -0.15) is 0 Å². The van der Waals surface area contributed by atoms with Crippen LogP contribution in [0, 0.1) is 0 Å². The van der Waals surface area contributed by atoms with Crippen LogP contribution >= 0.6 is 34.5 Å². The molecule has 1 aromatic carbocycles. The van der Waals surface area contributed by atoms with Crippen LogP contribution in [0.2, 0.25) is 9.36 Å². The number of esters is 1. The molecule has 0 fully saturated rings. The topological polar surface area (TPSA) is 65.1 Å². The number of ether oxygens (including phenoxy) is 3. The number of rotatable bonds is 6. The predicted molar refractivity (Wildman–Crippen MR) is 103 cm³/mol. The third-order valence-electron chi connectivity index (χ3n) is 3.81. The molecule has 0 N–H and O–H groups in total. The van der Waals surface area contributed by atoms with Gasteiger partial charge in [0.1, 0.15) is 13.2 Å². The van der Waals surface area contributed by atoms with Gasteiger partial charge in [-0.25, -0.2) is 0 Å². The van der Waals surface area contributed by atoms with Gasteiger partial charge in [0, 0.05) is 11.9 Å². The second-order valence-corrected chi connectivity index (χ2v) is 8.10. The van der Waals surface area contributed by atoms with E-state index >= 15 is 0 Å². The fourth-order valence-corrected chi connectivity index (χ4v) is 3.92. The molecule has 2 aromatic rings. The number of likely N-dealkylation sites (N-methyl/N-ethyl adjacent to an activating group) is 1. The van der Waals surface area contributed by atoms with Crippen LogP contribution in [0.5, 0.6) is 11.5 Å². The summed E-state index contributed by atoms with van der Waals surface area (Å²) in [4.78, 5) is 26.6. The minimum atomic E-state index is -0.524. The Kier molecular flexibility index (Phi) is 6.46. The fraction of sp³-hybridized carbons (Fsp3) is 0.333. The quantitative estimate of drug-likeness (QED) is 0.656. The lowest BCUT2D eigenvalue weighted by molar-refractivity contribution is -0.151. The van der Waals surface area contributed by atoms with Crippen molar-refractivity contribution in [2.75, 3.05) is 26.9 Å². The van der Waals surface area contributed by atoms with E-state index < -0.39 is 5.97 Å². The molecule has 1 aromatic heterocycles. The summed E-state index contributed by atoms with van der Waals surface area (Å²) in [7, 11) is 1.64. The van der Waals surface area contributed by atoms with Gasteiger partial charge in [0.25, 0.3) is 5.91 Å². The van der Waals surface area contributed by atoms with Crippen molar-refractivity contribution in [3.05, 3.63) is 44.1 Å². The first-order valence-corrected chi connectivity index (χ1v) is 9.71. The number of fused-ring (bicyclic) bond motifs is 1. The van der Waals surface area contributed by atoms with Gasteiger partial charge in [0.05, 0.1) is 22.3 Å². The molecule has 0 spiro atoms. The molecule has 0 bridgehead atoms. The van der Waals surface area contributed by atoms with E-state index in [1.807, 2.05) is 6.07 Å². The molecule has 0 saturated heterocycles. The Morgan fingerprint density at radius 3 is 2.74 bits per heavy atom. The summed E-state index contributed by atoms with van der Waals surface area (Å²) in [6.45, 7) is 0.938. The summed E-state index contributed by atoms with van der Waals surface area (Å²) in [6, 6.07) is 6.95. The molecule has 0 saturated carbocycles. The Bertz CT molecular complexity index is 854. The normalized spacial score (nSPS) is 12.6. The molecule has 2 heterocycles. The summed E-state index contributed by atoms with van der Waals surface area (Å²) in [6.07, 6.45) is -0.0200. The maximum Gasteiger partial charge on any atom is 0.310 e. The van der Waals surface area contributed by atoms with E-state index in [9.17, 15) is 9.59 Å². The zero-order valence-electron chi connectivity index (χ0n) is 14.5. The van der Waals surface area contributed by atoms with Crippen LogP contribution in [0.15, 0.2) is 24.3 Å². The number of thiophene rings is 1. The van der Waals surface area contributed by atoms with Gasteiger partial charge >= 0.3 is 5.97 Å². The molecule has 1 amide bonds. The minimum absolute atomic E-state index is 0.0200. The van der Waals surface area contributed by atoms with Crippen LogP contribution in [0.1, 0.15) is 10.4 Å². The second-order valence-electron chi connectivity index (χ2n) is 5.89. The predicted octanol–water partition coefficient (Wildman–Crippen LogP) is 3.57. The smallest absolute Gasteiger partial charge is 0.310 e. The first-order chi connectivity index (χ1) is 12.9. The van der Waals surface area contributed by atoms with Crippen LogP contribution < -0.4 is 9.47 Å². The largest absolute Gasteiger partial charge is 0.486 e. The van der Waals surface area contributed by atoms with Crippen molar-refractivity contribution in [1.29, 1.82) is 0 Å². The van der Waals surface area contributed by atoms with Crippen LogP contribution in [0.4, 0.5) is 0 Å². The van der Waals surface area contributed by atoms with E-state index in [-0.39, 0.29) is 18.9 Å². The zero-order chi connectivity index (χ0) is 19.4. The van der Waals surface area contributed by atoms with Gasteiger partial charge in [-0.1, -0.05) is 23.2 Å². The summed E-state index contributed by atoms with van der Waals surface area (Å²) >= 11 is 13.4. The number of hydrogen-bond donors (Lipinski definition) is 0. The van der Waals surface area contributed by atoms with Crippen molar-refractivity contribution in [2.45, 2.75) is 13.0 Å². The van der Waals surface area contributed by atoms with E-state index in [2.05, 4.69) is 0 Å². The van der Waals surface area contributed by atoms with Crippen molar-refractivity contribution < 1.29 is 23.8 Å². The molecule has 0 atom stereocenters. The maximum atomic E-state index is 12.1. The zero-order valence-corrected chi connectivity index (χ0v) is 16.8. The number of carbonyl (C=O) groups is 2. The number of nitrogens with zero attached hydrogens (tertiary/aromatic N) is 1. The van der Waals surface area contributed by atoms with E-state index in [0.29, 0.717) is 46.2 Å². The number of halogens is 2. The second kappa shape index (κ2) is 8.82. The minimum Gasteiger partial charge on any atom is -0.486 e.